The molecule has 0 unspecified atom stereocenters. The Morgan fingerprint density at radius 2 is 1.71 bits per heavy atom. The van der Waals surface area contributed by atoms with Crippen molar-refractivity contribution in [2.24, 2.45) is 5.73 Å². The SMILES string of the molecule is NC(=O)c1ccc(NC(=O)COc2ccc3c(c2)CCCC3)cc1. The minimum absolute atomic E-state index is 0.0592. The molecule has 24 heavy (non-hydrogen) atoms. The number of fused-ring (bicyclic) bond motifs is 1. The summed E-state index contributed by atoms with van der Waals surface area (Å²) in [6.45, 7) is -0.0592. The number of carbonyl (C=O) groups is 2. The van der Waals surface area contributed by atoms with Crippen molar-refractivity contribution < 1.29 is 14.3 Å². The molecule has 5 nitrogen and oxygen atoms in total. The lowest BCUT2D eigenvalue weighted by Crippen LogP contribution is -2.20. The zero-order chi connectivity index (χ0) is 16.9. The van der Waals surface area contributed by atoms with Gasteiger partial charge in [0.1, 0.15) is 5.75 Å². The Morgan fingerprint density at radius 1 is 1.00 bits per heavy atom. The minimum atomic E-state index is -0.497. The van der Waals surface area contributed by atoms with Gasteiger partial charge in [-0.1, -0.05) is 6.07 Å². The Balaban J connectivity index is 1.54. The summed E-state index contributed by atoms with van der Waals surface area (Å²) in [5.41, 5.74) is 8.88. The Morgan fingerprint density at radius 3 is 2.42 bits per heavy atom. The lowest BCUT2D eigenvalue weighted by molar-refractivity contribution is -0.118. The van der Waals surface area contributed by atoms with E-state index < -0.39 is 5.91 Å². The van der Waals surface area contributed by atoms with Crippen molar-refractivity contribution in [2.45, 2.75) is 25.7 Å². The molecule has 0 saturated carbocycles. The van der Waals surface area contributed by atoms with Crippen LogP contribution in [0.1, 0.15) is 34.3 Å². The van der Waals surface area contributed by atoms with Crippen LogP contribution < -0.4 is 15.8 Å². The summed E-state index contributed by atoms with van der Waals surface area (Å²) < 4.78 is 5.58. The quantitative estimate of drug-likeness (QED) is 0.887. The molecular formula is C19H20N2O3. The van der Waals surface area contributed by atoms with Gasteiger partial charge in [0.25, 0.3) is 5.91 Å². The summed E-state index contributed by atoms with van der Waals surface area (Å²) in [7, 11) is 0. The van der Waals surface area contributed by atoms with Gasteiger partial charge in [0.15, 0.2) is 6.61 Å². The molecule has 0 radical (unpaired) electrons. The second-order valence-corrected chi connectivity index (χ2v) is 5.92. The first kappa shape index (κ1) is 16.1. The second kappa shape index (κ2) is 7.17. The molecule has 2 amide bonds. The number of hydrogen-bond acceptors (Lipinski definition) is 3. The van der Waals surface area contributed by atoms with E-state index in [0.717, 1.165) is 18.6 Å². The van der Waals surface area contributed by atoms with Crippen molar-refractivity contribution in [2.75, 3.05) is 11.9 Å². The number of benzene rings is 2. The summed E-state index contributed by atoms with van der Waals surface area (Å²) in [4.78, 5) is 23.0. The van der Waals surface area contributed by atoms with Crippen LogP contribution in [0.3, 0.4) is 0 Å². The fraction of sp³-hybridized carbons (Fsp3) is 0.263. The highest BCUT2D eigenvalue weighted by atomic mass is 16.5. The number of anilines is 1. The highest BCUT2D eigenvalue weighted by Crippen LogP contribution is 2.25. The highest BCUT2D eigenvalue weighted by molar-refractivity contribution is 5.95. The van der Waals surface area contributed by atoms with Gasteiger partial charge < -0.3 is 15.8 Å². The van der Waals surface area contributed by atoms with Gasteiger partial charge in [0.2, 0.25) is 5.91 Å². The van der Waals surface area contributed by atoms with Crippen LogP contribution in [0.5, 0.6) is 5.75 Å². The molecule has 2 aromatic carbocycles. The van der Waals surface area contributed by atoms with E-state index in [-0.39, 0.29) is 12.5 Å². The average Bonchev–Trinajstić information content (AvgIpc) is 2.60. The van der Waals surface area contributed by atoms with Crippen LogP contribution in [0.15, 0.2) is 42.5 Å². The fourth-order valence-electron chi connectivity index (χ4n) is 2.86. The summed E-state index contributed by atoms with van der Waals surface area (Å²) >= 11 is 0. The van der Waals surface area contributed by atoms with E-state index in [9.17, 15) is 9.59 Å². The van der Waals surface area contributed by atoms with Crippen molar-refractivity contribution in [3.05, 3.63) is 59.2 Å². The van der Waals surface area contributed by atoms with E-state index in [1.54, 1.807) is 24.3 Å². The molecule has 0 saturated heterocycles. The minimum Gasteiger partial charge on any atom is -0.484 e. The number of ether oxygens (including phenoxy) is 1. The molecule has 0 fully saturated rings. The first-order valence-electron chi connectivity index (χ1n) is 8.06. The maximum absolute atomic E-state index is 12.0. The van der Waals surface area contributed by atoms with E-state index in [1.807, 2.05) is 12.1 Å². The molecule has 0 atom stereocenters. The Bertz CT molecular complexity index is 754. The van der Waals surface area contributed by atoms with Gasteiger partial charge in [-0.05, 0) is 73.2 Å². The predicted molar refractivity (Wildman–Crippen MR) is 92.2 cm³/mol. The molecule has 124 valence electrons. The van der Waals surface area contributed by atoms with Crippen LogP contribution in [0.25, 0.3) is 0 Å². The number of nitrogens with two attached hydrogens (primary N) is 1. The van der Waals surface area contributed by atoms with Gasteiger partial charge in [-0.15, -0.1) is 0 Å². The maximum atomic E-state index is 12.0. The zero-order valence-corrected chi connectivity index (χ0v) is 13.4. The molecule has 1 aliphatic rings. The van der Waals surface area contributed by atoms with E-state index in [1.165, 1.54) is 24.0 Å². The standard InChI is InChI=1S/C19H20N2O3/c20-19(23)14-5-8-16(9-6-14)21-18(22)12-24-17-10-7-13-3-1-2-4-15(13)11-17/h5-11H,1-4,12H2,(H2,20,23)(H,21,22). The number of nitrogens with one attached hydrogen (secondary N) is 1. The molecule has 0 heterocycles. The molecular weight excluding hydrogens is 304 g/mol. The molecule has 0 spiro atoms. The van der Waals surface area contributed by atoms with Crippen LogP contribution in [-0.4, -0.2) is 18.4 Å². The van der Waals surface area contributed by atoms with Gasteiger partial charge in [0.05, 0.1) is 0 Å². The molecule has 0 aromatic heterocycles. The molecule has 0 bridgehead atoms. The van der Waals surface area contributed by atoms with Crippen molar-refractivity contribution in [3.8, 4) is 5.75 Å². The Labute approximate surface area is 140 Å². The van der Waals surface area contributed by atoms with Crippen molar-refractivity contribution in [1.82, 2.24) is 0 Å². The van der Waals surface area contributed by atoms with Gasteiger partial charge in [0, 0.05) is 11.3 Å². The Hall–Kier alpha value is -2.82. The summed E-state index contributed by atoms with van der Waals surface area (Å²) in [5, 5.41) is 2.72. The fourth-order valence-corrected chi connectivity index (χ4v) is 2.86. The second-order valence-electron chi connectivity index (χ2n) is 5.92. The largest absolute Gasteiger partial charge is 0.484 e. The molecule has 0 aliphatic heterocycles. The van der Waals surface area contributed by atoms with Gasteiger partial charge in [-0.3, -0.25) is 9.59 Å². The molecule has 3 N–H and O–H groups in total. The molecule has 5 heteroatoms. The highest BCUT2D eigenvalue weighted by Gasteiger charge is 2.11. The topological polar surface area (TPSA) is 81.4 Å². The molecule has 2 aromatic rings. The smallest absolute Gasteiger partial charge is 0.262 e. The number of aryl methyl sites for hydroxylation is 2. The first-order chi connectivity index (χ1) is 11.6. The molecule has 1 aliphatic carbocycles. The van der Waals surface area contributed by atoms with Crippen molar-refractivity contribution >= 4 is 17.5 Å². The van der Waals surface area contributed by atoms with Crippen LogP contribution in [0.4, 0.5) is 5.69 Å². The van der Waals surface area contributed by atoms with E-state index in [4.69, 9.17) is 10.5 Å². The first-order valence-corrected chi connectivity index (χ1v) is 8.06. The third kappa shape index (κ3) is 3.93. The van der Waals surface area contributed by atoms with Crippen LogP contribution >= 0.6 is 0 Å². The monoisotopic (exact) mass is 324 g/mol. The Kier molecular flexibility index (Phi) is 4.79. The third-order valence-electron chi connectivity index (χ3n) is 4.14. The van der Waals surface area contributed by atoms with E-state index in [2.05, 4.69) is 11.4 Å². The van der Waals surface area contributed by atoms with Crippen molar-refractivity contribution in [1.29, 1.82) is 0 Å². The van der Waals surface area contributed by atoms with Crippen LogP contribution in [0, 0.1) is 0 Å². The summed E-state index contributed by atoms with van der Waals surface area (Å²) in [6.07, 6.45) is 4.64. The third-order valence-corrected chi connectivity index (χ3v) is 4.14. The van der Waals surface area contributed by atoms with Crippen molar-refractivity contribution in [3.63, 3.8) is 0 Å². The van der Waals surface area contributed by atoms with E-state index >= 15 is 0 Å². The van der Waals surface area contributed by atoms with Crippen LogP contribution in [0.2, 0.25) is 0 Å². The lowest BCUT2D eigenvalue weighted by Gasteiger charge is -2.16. The maximum Gasteiger partial charge on any atom is 0.262 e. The van der Waals surface area contributed by atoms with E-state index in [0.29, 0.717) is 11.3 Å². The van der Waals surface area contributed by atoms with Crippen LogP contribution in [-0.2, 0) is 17.6 Å². The summed E-state index contributed by atoms with van der Waals surface area (Å²) in [6, 6.07) is 12.4. The number of primary amides is 1. The van der Waals surface area contributed by atoms with Gasteiger partial charge in [-0.2, -0.15) is 0 Å². The number of carbonyl (C=O) groups excluding carboxylic acids is 2. The van der Waals surface area contributed by atoms with Gasteiger partial charge >= 0.3 is 0 Å². The normalized spacial score (nSPS) is 13.0. The number of hydrogen-bond donors (Lipinski definition) is 2. The number of rotatable bonds is 5. The zero-order valence-electron chi connectivity index (χ0n) is 13.4. The average molecular weight is 324 g/mol. The lowest BCUT2D eigenvalue weighted by atomic mass is 9.92. The summed E-state index contributed by atoms with van der Waals surface area (Å²) in [5.74, 6) is -0.0296. The predicted octanol–water partition coefficient (Wildman–Crippen LogP) is 2.68. The molecule has 3 rings (SSSR count). The van der Waals surface area contributed by atoms with Gasteiger partial charge in [-0.25, -0.2) is 0 Å². The number of amides is 2.